The number of nitriles is 1. The molecule has 0 N–H and O–H groups in total. The molecule has 0 fully saturated rings. The first-order valence-electron chi connectivity index (χ1n) is 6.25. The Morgan fingerprint density at radius 3 is 2.68 bits per heavy atom. The van der Waals surface area contributed by atoms with Crippen molar-refractivity contribution in [3.63, 3.8) is 0 Å². The molecule has 98 valence electrons. The lowest BCUT2D eigenvalue weighted by atomic mass is 9.90. The van der Waals surface area contributed by atoms with Gasteiger partial charge < -0.3 is 4.74 Å². The van der Waals surface area contributed by atoms with Crippen LogP contribution >= 0.6 is 11.6 Å². The maximum absolute atomic E-state index is 9.04. The number of hydrogen-bond acceptors (Lipinski definition) is 2. The molecule has 1 aliphatic rings. The largest absolute Gasteiger partial charge is 0.457 e. The molecule has 0 aromatic heterocycles. The lowest BCUT2D eigenvalue weighted by molar-refractivity contribution is 0.421. The van der Waals surface area contributed by atoms with Gasteiger partial charge in [-0.3, -0.25) is 0 Å². The first-order chi connectivity index (χ1) is 9.01. The summed E-state index contributed by atoms with van der Waals surface area (Å²) in [6.45, 7) is 6.00. The molecule has 1 aromatic rings. The molecule has 2 unspecified atom stereocenters. The molecule has 1 aromatic carbocycles. The molecule has 0 amide bonds. The molecule has 3 heteroatoms. The summed E-state index contributed by atoms with van der Waals surface area (Å²) < 4.78 is 5.89. The van der Waals surface area contributed by atoms with Crippen LogP contribution < -0.4 is 4.74 Å². The maximum Gasteiger partial charge on any atom is 0.130 e. The van der Waals surface area contributed by atoms with Gasteiger partial charge in [-0.05, 0) is 49.1 Å². The van der Waals surface area contributed by atoms with E-state index in [1.165, 1.54) is 0 Å². The zero-order valence-corrected chi connectivity index (χ0v) is 12.0. The fraction of sp³-hybridized carbons (Fsp3) is 0.312. The molecule has 0 saturated heterocycles. The molecule has 2 atom stereocenters. The second-order valence-corrected chi connectivity index (χ2v) is 5.37. The minimum atomic E-state index is -0.271. The molecule has 0 bridgehead atoms. The number of allylic oxidation sites excluding steroid dienone is 3. The molecule has 2 nitrogen and oxygen atoms in total. The van der Waals surface area contributed by atoms with Crippen LogP contribution in [0.25, 0.3) is 0 Å². The van der Waals surface area contributed by atoms with Crippen molar-refractivity contribution in [2.24, 2.45) is 11.8 Å². The summed E-state index contributed by atoms with van der Waals surface area (Å²) in [6.07, 6.45) is 3.68. The van der Waals surface area contributed by atoms with Crippen LogP contribution in [-0.4, -0.2) is 0 Å². The van der Waals surface area contributed by atoms with E-state index < -0.39 is 0 Å². The van der Waals surface area contributed by atoms with E-state index in [0.29, 0.717) is 10.8 Å². The highest BCUT2D eigenvalue weighted by Gasteiger charge is 2.24. The lowest BCUT2D eigenvalue weighted by Gasteiger charge is -2.21. The van der Waals surface area contributed by atoms with E-state index in [-0.39, 0.29) is 11.8 Å². The van der Waals surface area contributed by atoms with Crippen molar-refractivity contribution in [3.8, 4) is 11.8 Å². The van der Waals surface area contributed by atoms with Gasteiger partial charge in [0, 0.05) is 5.03 Å². The van der Waals surface area contributed by atoms with Crippen LogP contribution in [0.4, 0.5) is 0 Å². The molecule has 2 rings (SSSR count). The van der Waals surface area contributed by atoms with Crippen LogP contribution in [-0.2, 0) is 0 Å². The smallest absolute Gasteiger partial charge is 0.130 e. The Morgan fingerprint density at radius 2 is 2.05 bits per heavy atom. The fourth-order valence-electron chi connectivity index (χ4n) is 2.07. The quantitative estimate of drug-likeness (QED) is 0.796. The van der Waals surface area contributed by atoms with Gasteiger partial charge in [-0.2, -0.15) is 5.26 Å². The van der Waals surface area contributed by atoms with Gasteiger partial charge in [-0.15, -0.1) is 0 Å². The van der Waals surface area contributed by atoms with Crippen LogP contribution in [0.15, 0.2) is 41.1 Å². The summed E-state index contributed by atoms with van der Waals surface area (Å²) in [5, 5.41) is 9.58. The summed E-state index contributed by atoms with van der Waals surface area (Å²) in [5.41, 5.74) is 2.22. The Labute approximate surface area is 119 Å². The summed E-state index contributed by atoms with van der Waals surface area (Å²) in [6, 6.07) is 8.29. The Kier molecular flexibility index (Phi) is 3.97. The molecule has 0 radical (unpaired) electrons. The first kappa shape index (κ1) is 13.7. The Morgan fingerprint density at radius 1 is 1.32 bits per heavy atom. The second kappa shape index (κ2) is 5.50. The topological polar surface area (TPSA) is 33.0 Å². The van der Waals surface area contributed by atoms with Crippen molar-refractivity contribution in [1.29, 1.82) is 5.26 Å². The van der Waals surface area contributed by atoms with E-state index in [1.54, 1.807) is 6.08 Å². The van der Waals surface area contributed by atoms with Crippen molar-refractivity contribution < 1.29 is 4.74 Å². The number of nitrogens with zero attached hydrogens (tertiary/aromatic N) is 1. The van der Waals surface area contributed by atoms with Crippen LogP contribution in [0, 0.1) is 37.0 Å². The van der Waals surface area contributed by atoms with E-state index >= 15 is 0 Å². The zero-order chi connectivity index (χ0) is 14.0. The molecule has 1 aliphatic carbocycles. The second-order valence-electron chi connectivity index (χ2n) is 4.94. The minimum Gasteiger partial charge on any atom is -0.457 e. The average Bonchev–Trinajstić information content (AvgIpc) is 2.33. The summed E-state index contributed by atoms with van der Waals surface area (Å²) >= 11 is 6.13. The van der Waals surface area contributed by atoms with Crippen molar-refractivity contribution in [3.05, 3.63) is 52.3 Å². The molecular formula is C16H16ClNO. The zero-order valence-electron chi connectivity index (χ0n) is 11.3. The maximum atomic E-state index is 9.04. The van der Waals surface area contributed by atoms with Crippen molar-refractivity contribution in [1.82, 2.24) is 0 Å². The third kappa shape index (κ3) is 3.00. The van der Waals surface area contributed by atoms with Gasteiger partial charge in [0.1, 0.15) is 11.5 Å². The van der Waals surface area contributed by atoms with Crippen LogP contribution in [0.5, 0.6) is 5.75 Å². The number of halogens is 1. The molecular weight excluding hydrogens is 258 g/mol. The standard InChI is InChI=1S/C16H16ClNO/c1-10-4-5-11(2)16(6-10)19-13-7-12(3)14(9-18)15(17)8-13/h4-8,12,14H,1-3H3. The minimum absolute atomic E-state index is 0.0580. The molecule has 0 saturated carbocycles. The number of hydrogen-bond donors (Lipinski definition) is 0. The number of aryl methyl sites for hydroxylation is 2. The normalized spacial score (nSPS) is 22.3. The molecule has 0 spiro atoms. The fourth-order valence-corrected chi connectivity index (χ4v) is 2.42. The van der Waals surface area contributed by atoms with Gasteiger partial charge >= 0.3 is 0 Å². The monoisotopic (exact) mass is 273 g/mol. The Balaban J connectivity index is 2.26. The summed E-state index contributed by atoms with van der Waals surface area (Å²) in [4.78, 5) is 0. The average molecular weight is 274 g/mol. The van der Waals surface area contributed by atoms with Crippen LogP contribution in [0.1, 0.15) is 18.1 Å². The van der Waals surface area contributed by atoms with E-state index in [1.807, 2.05) is 39.0 Å². The molecule has 0 heterocycles. The van der Waals surface area contributed by atoms with Crippen molar-refractivity contribution >= 4 is 11.6 Å². The lowest BCUT2D eigenvalue weighted by Crippen LogP contribution is -2.14. The number of rotatable bonds is 2. The van der Waals surface area contributed by atoms with E-state index in [9.17, 15) is 0 Å². The van der Waals surface area contributed by atoms with Gasteiger partial charge in [-0.1, -0.05) is 30.7 Å². The van der Waals surface area contributed by atoms with Crippen LogP contribution in [0.2, 0.25) is 0 Å². The third-order valence-corrected chi connectivity index (χ3v) is 3.58. The van der Waals surface area contributed by atoms with Gasteiger partial charge in [0.25, 0.3) is 0 Å². The highest BCUT2D eigenvalue weighted by atomic mass is 35.5. The Bertz CT molecular complexity index is 595. The van der Waals surface area contributed by atoms with Gasteiger partial charge in [-0.25, -0.2) is 0 Å². The highest BCUT2D eigenvalue weighted by molar-refractivity contribution is 6.30. The molecule has 0 aliphatic heterocycles. The van der Waals surface area contributed by atoms with Gasteiger partial charge in [0.2, 0.25) is 0 Å². The van der Waals surface area contributed by atoms with E-state index in [0.717, 1.165) is 16.9 Å². The Hall–Kier alpha value is -1.72. The van der Waals surface area contributed by atoms with Crippen molar-refractivity contribution in [2.45, 2.75) is 20.8 Å². The molecule has 19 heavy (non-hydrogen) atoms. The SMILES string of the molecule is Cc1ccc(C)c(OC2=CC(C)C(C#N)C(Cl)=C2)c1. The predicted octanol–water partition coefficient (Wildman–Crippen LogP) is 4.48. The van der Waals surface area contributed by atoms with Crippen LogP contribution in [0.3, 0.4) is 0 Å². The summed E-state index contributed by atoms with van der Waals surface area (Å²) in [5.74, 6) is 1.32. The predicted molar refractivity (Wildman–Crippen MR) is 76.8 cm³/mol. The van der Waals surface area contributed by atoms with Gasteiger partial charge in [0.15, 0.2) is 0 Å². The third-order valence-electron chi connectivity index (χ3n) is 3.24. The summed E-state index contributed by atoms with van der Waals surface area (Å²) in [7, 11) is 0. The first-order valence-corrected chi connectivity index (χ1v) is 6.62. The van der Waals surface area contributed by atoms with Crippen molar-refractivity contribution in [2.75, 3.05) is 0 Å². The van der Waals surface area contributed by atoms with E-state index in [2.05, 4.69) is 12.1 Å². The highest BCUT2D eigenvalue weighted by Crippen LogP contribution is 2.32. The number of benzene rings is 1. The number of ether oxygens (including phenoxy) is 1. The van der Waals surface area contributed by atoms with E-state index in [4.69, 9.17) is 21.6 Å². The van der Waals surface area contributed by atoms with Gasteiger partial charge in [0.05, 0.1) is 12.0 Å².